The molecule has 2 aromatic heterocycles. The Balaban J connectivity index is 1.61. The van der Waals surface area contributed by atoms with Gasteiger partial charge in [0.1, 0.15) is 0 Å². The van der Waals surface area contributed by atoms with Crippen LogP contribution in [0, 0.1) is 11.3 Å². The quantitative estimate of drug-likeness (QED) is 0.384. The Kier molecular flexibility index (Phi) is 4.72. The summed E-state index contributed by atoms with van der Waals surface area (Å²) in [6.45, 7) is 2.50. The second-order valence-corrected chi connectivity index (χ2v) is 7.81. The summed E-state index contributed by atoms with van der Waals surface area (Å²) in [6, 6.07) is 20.1. The van der Waals surface area contributed by atoms with Crippen molar-refractivity contribution in [2.75, 3.05) is 12.3 Å². The van der Waals surface area contributed by atoms with E-state index in [1.54, 1.807) is 24.0 Å². The van der Waals surface area contributed by atoms with Crippen molar-refractivity contribution in [1.82, 2.24) is 14.5 Å². The first-order chi connectivity index (χ1) is 15.6. The highest BCUT2D eigenvalue weighted by atomic mass is 16.2. The van der Waals surface area contributed by atoms with Crippen LogP contribution in [-0.4, -0.2) is 27.0 Å². The van der Waals surface area contributed by atoms with E-state index < -0.39 is 0 Å². The van der Waals surface area contributed by atoms with Crippen molar-refractivity contribution < 1.29 is 4.79 Å². The summed E-state index contributed by atoms with van der Waals surface area (Å²) in [6.07, 6.45) is 5.54. The van der Waals surface area contributed by atoms with Crippen molar-refractivity contribution in [3.8, 4) is 28.3 Å². The number of rotatable bonds is 4. The second-order valence-electron chi connectivity index (χ2n) is 7.81. The normalized spacial score (nSPS) is 13.4. The highest BCUT2D eigenvalue weighted by Gasteiger charge is 2.32. The maximum Gasteiger partial charge on any atom is 0.256 e. The van der Waals surface area contributed by atoms with Crippen LogP contribution in [0.1, 0.15) is 22.8 Å². The molecule has 4 aromatic rings. The Morgan fingerprint density at radius 3 is 2.72 bits per heavy atom. The van der Waals surface area contributed by atoms with Gasteiger partial charge in [0.05, 0.1) is 29.9 Å². The molecule has 0 unspecified atom stereocenters. The van der Waals surface area contributed by atoms with Crippen LogP contribution >= 0.6 is 0 Å². The number of anilines is 1. The molecule has 32 heavy (non-hydrogen) atoms. The molecular formula is C26H21N5O. The zero-order valence-corrected chi connectivity index (χ0v) is 17.6. The minimum Gasteiger partial charge on any atom is -0.398 e. The van der Waals surface area contributed by atoms with Crippen molar-refractivity contribution in [1.29, 1.82) is 5.26 Å². The highest BCUT2D eigenvalue weighted by molar-refractivity contribution is 6.05. The Labute approximate surface area is 185 Å². The molecule has 2 aromatic carbocycles. The fourth-order valence-corrected chi connectivity index (χ4v) is 4.29. The van der Waals surface area contributed by atoms with Crippen LogP contribution in [0.3, 0.4) is 0 Å². The van der Waals surface area contributed by atoms with E-state index in [1.807, 2.05) is 47.2 Å². The number of pyridine rings is 1. The molecule has 0 spiro atoms. The molecule has 6 nitrogen and oxygen atoms in total. The second kappa shape index (κ2) is 7.71. The SMILES string of the molecule is C/C=C(\C#N)CN1Cc2c(-c3ccn4ncc(-c5ccccc5)c4c3)ccc(N)c2C1=O. The monoisotopic (exact) mass is 419 g/mol. The number of fused-ring (bicyclic) bond motifs is 2. The molecule has 0 bridgehead atoms. The number of carbonyl (C=O) groups excluding carboxylic acids is 1. The van der Waals surface area contributed by atoms with Gasteiger partial charge in [-0.05, 0) is 47.4 Å². The number of aromatic nitrogens is 2. The average Bonchev–Trinajstić information content (AvgIpc) is 3.39. The van der Waals surface area contributed by atoms with Crippen molar-refractivity contribution >= 4 is 17.1 Å². The van der Waals surface area contributed by atoms with Gasteiger partial charge in [-0.25, -0.2) is 4.52 Å². The van der Waals surface area contributed by atoms with Crippen molar-refractivity contribution in [3.63, 3.8) is 0 Å². The largest absolute Gasteiger partial charge is 0.398 e. The molecule has 2 N–H and O–H groups in total. The maximum absolute atomic E-state index is 13.1. The van der Waals surface area contributed by atoms with Crippen LogP contribution in [0.25, 0.3) is 27.8 Å². The molecule has 5 rings (SSSR count). The molecule has 1 aliphatic heterocycles. The zero-order valence-electron chi connectivity index (χ0n) is 17.6. The lowest BCUT2D eigenvalue weighted by atomic mass is 9.95. The molecular weight excluding hydrogens is 398 g/mol. The summed E-state index contributed by atoms with van der Waals surface area (Å²) >= 11 is 0. The minimum absolute atomic E-state index is 0.135. The smallest absolute Gasteiger partial charge is 0.256 e. The Morgan fingerprint density at radius 1 is 1.16 bits per heavy atom. The van der Waals surface area contributed by atoms with Gasteiger partial charge in [0.25, 0.3) is 5.91 Å². The Morgan fingerprint density at radius 2 is 1.97 bits per heavy atom. The fraction of sp³-hybridized carbons (Fsp3) is 0.115. The predicted octanol–water partition coefficient (Wildman–Crippen LogP) is 4.68. The molecule has 0 saturated heterocycles. The van der Waals surface area contributed by atoms with Crippen molar-refractivity contribution in [2.45, 2.75) is 13.5 Å². The number of nitriles is 1. The first kappa shape index (κ1) is 19.6. The molecule has 0 fully saturated rings. The molecule has 0 saturated carbocycles. The lowest BCUT2D eigenvalue weighted by Gasteiger charge is -2.14. The number of amides is 1. The Hall–Kier alpha value is -4.37. The van der Waals surface area contributed by atoms with Crippen LogP contribution in [0.4, 0.5) is 5.69 Å². The standard InChI is InChI=1S/C26H21N5O/c1-2-17(13-27)15-30-16-22-20(8-9-23(28)25(22)26(30)32)19-10-11-31-24(12-19)21(14-29-31)18-6-4-3-5-7-18/h2-12,14H,15-16,28H2,1H3/b17-2+. The van der Waals surface area contributed by atoms with Gasteiger partial charge in [-0.1, -0.05) is 42.5 Å². The fourth-order valence-electron chi connectivity index (χ4n) is 4.29. The highest BCUT2D eigenvalue weighted by Crippen LogP contribution is 2.37. The molecule has 156 valence electrons. The number of nitrogens with zero attached hydrogens (tertiary/aromatic N) is 4. The van der Waals surface area contributed by atoms with Crippen LogP contribution in [0.15, 0.2) is 78.6 Å². The molecule has 0 radical (unpaired) electrons. The summed E-state index contributed by atoms with van der Waals surface area (Å²) in [5.41, 5.74) is 13.7. The summed E-state index contributed by atoms with van der Waals surface area (Å²) < 4.78 is 1.85. The maximum atomic E-state index is 13.1. The first-order valence-electron chi connectivity index (χ1n) is 10.4. The van der Waals surface area contributed by atoms with Crippen molar-refractivity contribution in [3.05, 3.63) is 89.8 Å². The van der Waals surface area contributed by atoms with E-state index in [0.29, 0.717) is 23.4 Å². The third kappa shape index (κ3) is 3.12. The lowest BCUT2D eigenvalue weighted by molar-refractivity contribution is 0.0794. The van der Waals surface area contributed by atoms with Crippen LogP contribution < -0.4 is 5.73 Å². The van der Waals surface area contributed by atoms with E-state index in [-0.39, 0.29) is 12.5 Å². The van der Waals surface area contributed by atoms with Crippen LogP contribution in [-0.2, 0) is 6.54 Å². The van der Waals surface area contributed by atoms with Gasteiger partial charge in [0.15, 0.2) is 0 Å². The average molecular weight is 419 g/mol. The number of hydrogen-bond donors (Lipinski definition) is 1. The number of nitrogen functional groups attached to an aromatic ring is 1. The summed E-state index contributed by atoms with van der Waals surface area (Å²) in [7, 11) is 0. The van der Waals surface area contributed by atoms with Gasteiger partial charge in [-0.3, -0.25) is 4.79 Å². The van der Waals surface area contributed by atoms with E-state index in [4.69, 9.17) is 5.73 Å². The first-order valence-corrected chi connectivity index (χ1v) is 10.4. The van der Waals surface area contributed by atoms with Crippen LogP contribution in [0.2, 0.25) is 0 Å². The van der Waals surface area contributed by atoms with Gasteiger partial charge in [0, 0.05) is 29.6 Å². The van der Waals surface area contributed by atoms with Gasteiger partial charge in [0.2, 0.25) is 0 Å². The summed E-state index contributed by atoms with van der Waals surface area (Å²) in [4.78, 5) is 14.8. The van der Waals surface area contributed by atoms with Gasteiger partial charge in [-0.2, -0.15) is 10.4 Å². The van der Waals surface area contributed by atoms with Crippen LogP contribution in [0.5, 0.6) is 0 Å². The predicted molar refractivity (Wildman–Crippen MR) is 125 cm³/mol. The van der Waals surface area contributed by atoms with E-state index in [1.165, 1.54) is 0 Å². The van der Waals surface area contributed by atoms with E-state index in [9.17, 15) is 10.1 Å². The number of benzene rings is 2. The molecule has 0 atom stereocenters. The topological polar surface area (TPSA) is 87.4 Å². The van der Waals surface area contributed by atoms with E-state index in [0.717, 1.165) is 33.3 Å². The lowest BCUT2D eigenvalue weighted by Crippen LogP contribution is -2.26. The summed E-state index contributed by atoms with van der Waals surface area (Å²) in [5, 5.41) is 13.8. The van der Waals surface area contributed by atoms with Crippen molar-refractivity contribution in [2.24, 2.45) is 0 Å². The van der Waals surface area contributed by atoms with Gasteiger partial charge in [-0.15, -0.1) is 0 Å². The van der Waals surface area contributed by atoms with Gasteiger partial charge < -0.3 is 10.6 Å². The molecule has 1 aliphatic rings. The minimum atomic E-state index is -0.135. The third-order valence-corrected chi connectivity index (χ3v) is 5.97. The molecule has 0 aliphatic carbocycles. The number of hydrogen-bond acceptors (Lipinski definition) is 4. The van der Waals surface area contributed by atoms with E-state index >= 15 is 0 Å². The van der Waals surface area contributed by atoms with E-state index in [2.05, 4.69) is 29.4 Å². The van der Waals surface area contributed by atoms with Gasteiger partial charge >= 0.3 is 0 Å². The number of nitrogens with two attached hydrogens (primary N) is 1. The third-order valence-electron chi connectivity index (χ3n) is 5.97. The zero-order chi connectivity index (χ0) is 22.2. The summed E-state index contributed by atoms with van der Waals surface area (Å²) in [5.74, 6) is -0.135. The number of allylic oxidation sites excluding steroid dienone is 1. The number of carbonyl (C=O) groups is 1. The molecule has 6 heteroatoms. The molecule has 1 amide bonds. The Bertz CT molecular complexity index is 1430. The molecule has 3 heterocycles.